The molecule has 0 unspecified atom stereocenters. The molecule has 1 aromatic heterocycles. The van der Waals surface area contributed by atoms with Crippen molar-refractivity contribution in [1.29, 1.82) is 0 Å². The second kappa shape index (κ2) is 6.10. The number of aromatic amines is 1. The Hall–Kier alpha value is -2.49. The van der Waals surface area contributed by atoms with Crippen molar-refractivity contribution >= 4 is 11.0 Å². The van der Waals surface area contributed by atoms with Gasteiger partial charge in [-0.3, -0.25) is 0 Å². The van der Waals surface area contributed by atoms with E-state index in [2.05, 4.69) is 18.0 Å². The molecule has 114 valence electrons. The van der Waals surface area contributed by atoms with Crippen LogP contribution in [0.15, 0.2) is 36.4 Å². The highest BCUT2D eigenvalue weighted by Crippen LogP contribution is 2.32. The first-order valence-corrected chi connectivity index (χ1v) is 7.58. The fourth-order valence-electron chi connectivity index (χ4n) is 2.51. The number of benzene rings is 2. The second-order valence-electron chi connectivity index (χ2n) is 5.08. The molecule has 0 radical (unpaired) electrons. The van der Waals surface area contributed by atoms with Crippen LogP contribution in [0.5, 0.6) is 11.5 Å². The van der Waals surface area contributed by atoms with Gasteiger partial charge >= 0.3 is 0 Å². The van der Waals surface area contributed by atoms with Gasteiger partial charge in [0, 0.05) is 5.56 Å². The van der Waals surface area contributed by atoms with Crippen molar-refractivity contribution in [3.05, 3.63) is 42.0 Å². The fraction of sp³-hybridized carbons (Fsp3) is 0.278. The van der Waals surface area contributed by atoms with Gasteiger partial charge in [-0.1, -0.05) is 12.1 Å². The normalized spacial score (nSPS) is 10.9. The molecule has 1 N–H and O–H groups in total. The van der Waals surface area contributed by atoms with Gasteiger partial charge in [0.1, 0.15) is 5.82 Å². The van der Waals surface area contributed by atoms with E-state index >= 15 is 0 Å². The SMILES string of the molecule is CCOc1ccc(-c2nc3c(C)cccc3[nH]2)cc1OCC. The molecule has 0 aliphatic heterocycles. The lowest BCUT2D eigenvalue weighted by Gasteiger charge is -2.11. The average molecular weight is 296 g/mol. The summed E-state index contributed by atoms with van der Waals surface area (Å²) >= 11 is 0. The molecule has 3 aromatic rings. The first-order valence-electron chi connectivity index (χ1n) is 7.58. The van der Waals surface area contributed by atoms with Crippen molar-refractivity contribution in [2.24, 2.45) is 0 Å². The lowest BCUT2D eigenvalue weighted by atomic mass is 10.2. The van der Waals surface area contributed by atoms with E-state index in [1.807, 2.05) is 44.2 Å². The minimum absolute atomic E-state index is 0.600. The first kappa shape index (κ1) is 14.4. The predicted octanol–water partition coefficient (Wildman–Crippen LogP) is 4.34. The Labute approximate surface area is 130 Å². The molecule has 0 saturated carbocycles. The molecular weight excluding hydrogens is 276 g/mol. The number of H-pyrrole nitrogens is 1. The van der Waals surface area contributed by atoms with E-state index in [9.17, 15) is 0 Å². The molecule has 0 aliphatic carbocycles. The molecule has 2 aromatic carbocycles. The molecule has 0 bridgehead atoms. The molecule has 0 aliphatic rings. The predicted molar refractivity (Wildman–Crippen MR) is 88.6 cm³/mol. The number of hydrogen-bond acceptors (Lipinski definition) is 3. The molecule has 0 amide bonds. The van der Waals surface area contributed by atoms with Gasteiger partial charge < -0.3 is 14.5 Å². The van der Waals surface area contributed by atoms with E-state index in [4.69, 9.17) is 14.5 Å². The maximum Gasteiger partial charge on any atom is 0.161 e. The Morgan fingerprint density at radius 3 is 2.50 bits per heavy atom. The van der Waals surface area contributed by atoms with Gasteiger partial charge in [-0.05, 0) is 50.6 Å². The number of imidazole rings is 1. The van der Waals surface area contributed by atoms with Crippen LogP contribution in [0.2, 0.25) is 0 Å². The summed E-state index contributed by atoms with van der Waals surface area (Å²) in [6, 6.07) is 12.0. The monoisotopic (exact) mass is 296 g/mol. The van der Waals surface area contributed by atoms with E-state index in [1.165, 1.54) is 0 Å². The number of fused-ring (bicyclic) bond motifs is 1. The van der Waals surface area contributed by atoms with Crippen LogP contribution in [-0.2, 0) is 0 Å². The fourth-order valence-corrected chi connectivity index (χ4v) is 2.51. The van der Waals surface area contributed by atoms with Gasteiger partial charge in [0.15, 0.2) is 11.5 Å². The van der Waals surface area contributed by atoms with Crippen LogP contribution < -0.4 is 9.47 Å². The summed E-state index contributed by atoms with van der Waals surface area (Å²) in [4.78, 5) is 8.07. The molecule has 0 saturated heterocycles. The molecule has 1 heterocycles. The number of hydrogen-bond donors (Lipinski definition) is 1. The van der Waals surface area contributed by atoms with E-state index in [-0.39, 0.29) is 0 Å². The number of aryl methyl sites for hydroxylation is 1. The van der Waals surface area contributed by atoms with E-state index in [0.29, 0.717) is 13.2 Å². The van der Waals surface area contributed by atoms with E-state index in [0.717, 1.165) is 39.5 Å². The third-order valence-electron chi connectivity index (χ3n) is 3.53. The molecule has 4 heteroatoms. The lowest BCUT2D eigenvalue weighted by molar-refractivity contribution is 0.288. The summed E-state index contributed by atoms with van der Waals surface area (Å²) in [6.45, 7) is 7.21. The number of nitrogens with one attached hydrogen (secondary N) is 1. The van der Waals surface area contributed by atoms with Gasteiger partial charge in [0.25, 0.3) is 0 Å². The molecular formula is C18H20N2O2. The second-order valence-corrected chi connectivity index (χ2v) is 5.08. The third-order valence-corrected chi connectivity index (χ3v) is 3.53. The third kappa shape index (κ3) is 2.64. The summed E-state index contributed by atoms with van der Waals surface area (Å²) in [5.74, 6) is 2.35. The number of rotatable bonds is 5. The summed E-state index contributed by atoms with van der Waals surface area (Å²) < 4.78 is 11.3. The van der Waals surface area contributed by atoms with Crippen LogP contribution in [0.25, 0.3) is 22.4 Å². The summed E-state index contributed by atoms with van der Waals surface area (Å²) in [5, 5.41) is 0. The highest BCUT2D eigenvalue weighted by atomic mass is 16.5. The minimum Gasteiger partial charge on any atom is -0.490 e. The molecule has 22 heavy (non-hydrogen) atoms. The van der Waals surface area contributed by atoms with Crippen molar-refractivity contribution in [3.63, 3.8) is 0 Å². The Balaban J connectivity index is 2.05. The number of para-hydroxylation sites is 1. The Kier molecular flexibility index (Phi) is 4.00. The van der Waals surface area contributed by atoms with Gasteiger partial charge in [-0.2, -0.15) is 0 Å². The number of aromatic nitrogens is 2. The van der Waals surface area contributed by atoms with Crippen LogP contribution in [0.1, 0.15) is 19.4 Å². The molecule has 0 spiro atoms. The van der Waals surface area contributed by atoms with Gasteiger partial charge in [-0.25, -0.2) is 4.98 Å². The average Bonchev–Trinajstić information content (AvgIpc) is 2.95. The van der Waals surface area contributed by atoms with Crippen LogP contribution >= 0.6 is 0 Å². The van der Waals surface area contributed by atoms with Crippen molar-refractivity contribution in [2.45, 2.75) is 20.8 Å². The van der Waals surface area contributed by atoms with Crippen LogP contribution in [0.4, 0.5) is 0 Å². The van der Waals surface area contributed by atoms with Gasteiger partial charge in [0.2, 0.25) is 0 Å². The summed E-state index contributed by atoms with van der Waals surface area (Å²) in [6.07, 6.45) is 0. The molecule has 3 rings (SSSR count). The highest BCUT2D eigenvalue weighted by molar-refractivity contribution is 5.82. The van der Waals surface area contributed by atoms with Crippen molar-refractivity contribution in [3.8, 4) is 22.9 Å². The lowest BCUT2D eigenvalue weighted by Crippen LogP contribution is -1.98. The molecule has 0 fully saturated rings. The minimum atomic E-state index is 0.600. The number of nitrogens with zero attached hydrogens (tertiary/aromatic N) is 1. The molecule has 0 atom stereocenters. The van der Waals surface area contributed by atoms with Crippen molar-refractivity contribution < 1.29 is 9.47 Å². The highest BCUT2D eigenvalue weighted by Gasteiger charge is 2.11. The first-order chi connectivity index (χ1) is 10.7. The maximum atomic E-state index is 5.68. The zero-order chi connectivity index (χ0) is 15.5. The Bertz CT molecular complexity index is 793. The maximum absolute atomic E-state index is 5.68. The molecule has 4 nitrogen and oxygen atoms in total. The smallest absolute Gasteiger partial charge is 0.161 e. The van der Waals surface area contributed by atoms with Crippen LogP contribution in [0, 0.1) is 6.92 Å². The van der Waals surface area contributed by atoms with Gasteiger partial charge in [0.05, 0.1) is 24.2 Å². The quantitative estimate of drug-likeness (QED) is 0.762. The Morgan fingerprint density at radius 2 is 1.77 bits per heavy atom. The van der Waals surface area contributed by atoms with Crippen molar-refractivity contribution in [1.82, 2.24) is 9.97 Å². The summed E-state index contributed by atoms with van der Waals surface area (Å²) in [7, 11) is 0. The number of ether oxygens (including phenoxy) is 2. The van der Waals surface area contributed by atoms with Crippen LogP contribution in [0.3, 0.4) is 0 Å². The van der Waals surface area contributed by atoms with E-state index < -0.39 is 0 Å². The van der Waals surface area contributed by atoms with Crippen molar-refractivity contribution in [2.75, 3.05) is 13.2 Å². The topological polar surface area (TPSA) is 47.1 Å². The standard InChI is InChI=1S/C18H20N2O2/c1-4-21-15-10-9-13(11-16(15)22-5-2)18-19-14-8-6-7-12(3)17(14)20-18/h6-11H,4-5H2,1-3H3,(H,19,20). The van der Waals surface area contributed by atoms with Gasteiger partial charge in [-0.15, -0.1) is 0 Å². The zero-order valence-corrected chi connectivity index (χ0v) is 13.1. The zero-order valence-electron chi connectivity index (χ0n) is 13.1. The van der Waals surface area contributed by atoms with E-state index in [1.54, 1.807) is 0 Å². The van der Waals surface area contributed by atoms with Crippen LogP contribution in [-0.4, -0.2) is 23.2 Å². The largest absolute Gasteiger partial charge is 0.490 e. The summed E-state index contributed by atoms with van der Waals surface area (Å²) in [5.41, 5.74) is 4.20. The Morgan fingerprint density at radius 1 is 1.00 bits per heavy atom.